The smallest absolute Gasteiger partial charge is 0.335 e. The molecule has 0 radical (unpaired) electrons. The van der Waals surface area contributed by atoms with E-state index in [1.807, 2.05) is 12.1 Å². The number of hydrogen-bond acceptors (Lipinski definition) is 4. The van der Waals surface area contributed by atoms with Gasteiger partial charge in [-0.3, -0.25) is 4.90 Å². The van der Waals surface area contributed by atoms with E-state index in [1.165, 1.54) is 12.1 Å². The van der Waals surface area contributed by atoms with Gasteiger partial charge in [0.15, 0.2) is 0 Å². The Morgan fingerprint density at radius 2 is 1.85 bits per heavy atom. The monoisotopic (exact) mass is 358 g/mol. The van der Waals surface area contributed by atoms with E-state index in [2.05, 4.69) is 9.80 Å². The number of piperazine rings is 1. The van der Waals surface area contributed by atoms with E-state index in [1.54, 1.807) is 24.3 Å². The number of ether oxygens (including phenoxy) is 1. The summed E-state index contributed by atoms with van der Waals surface area (Å²) in [5.74, 6) is -0.546. The highest BCUT2D eigenvalue weighted by molar-refractivity contribution is 5.87. The van der Waals surface area contributed by atoms with Crippen molar-refractivity contribution in [1.82, 2.24) is 4.90 Å². The average Bonchev–Trinajstić information content (AvgIpc) is 2.66. The molecule has 1 heterocycles. The molecule has 1 N–H and O–H groups in total. The summed E-state index contributed by atoms with van der Waals surface area (Å²) in [6.45, 7) is 4.84. The molecule has 1 fully saturated rings. The summed E-state index contributed by atoms with van der Waals surface area (Å²) >= 11 is 0. The second kappa shape index (κ2) is 8.67. The summed E-state index contributed by atoms with van der Waals surface area (Å²) in [4.78, 5) is 15.4. The minimum atomic E-state index is -0.955. The van der Waals surface area contributed by atoms with Gasteiger partial charge in [-0.05, 0) is 36.8 Å². The molecular weight excluding hydrogens is 335 g/mol. The van der Waals surface area contributed by atoms with Gasteiger partial charge in [-0.15, -0.1) is 0 Å². The molecule has 6 heteroatoms. The van der Waals surface area contributed by atoms with Gasteiger partial charge in [0, 0.05) is 32.7 Å². The van der Waals surface area contributed by atoms with Crippen LogP contribution in [0.5, 0.6) is 5.75 Å². The normalized spacial score (nSPS) is 15.0. The van der Waals surface area contributed by atoms with E-state index in [0.29, 0.717) is 18.0 Å². The van der Waals surface area contributed by atoms with Gasteiger partial charge in [-0.25, -0.2) is 9.18 Å². The van der Waals surface area contributed by atoms with E-state index >= 15 is 0 Å². The highest BCUT2D eigenvalue weighted by atomic mass is 19.1. The van der Waals surface area contributed by atoms with Crippen molar-refractivity contribution in [2.75, 3.05) is 44.2 Å². The maximum atomic E-state index is 13.9. The molecule has 0 bridgehead atoms. The first-order valence-electron chi connectivity index (χ1n) is 8.81. The van der Waals surface area contributed by atoms with Crippen LogP contribution in [0.3, 0.4) is 0 Å². The number of halogens is 1. The third-order valence-corrected chi connectivity index (χ3v) is 4.53. The van der Waals surface area contributed by atoms with Gasteiger partial charge >= 0.3 is 5.97 Å². The van der Waals surface area contributed by atoms with Crippen molar-refractivity contribution in [3.63, 3.8) is 0 Å². The van der Waals surface area contributed by atoms with Crippen molar-refractivity contribution >= 4 is 11.7 Å². The van der Waals surface area contributed by atoms with Gasteiger partial charge in [0.05, 0.1) is 17.9 Å². The molecule has 0 unspecified atom stereocenters. The minimum absolute atomic E-state index is 0.169. The quantitative estimate of drug-likeness (QED) is 0.771. The van der Waals surface area contributed by atoms with Crippen molar-refractivity contribution in [2.45, 2.75) is 6.42 Å². The van der Waals surface area contributed by atoms with E-state index < -0.39 is 5.97 Å². The van der Waals surface area contributed by atoms with E-state index in [4.69, 9.17) is 9.84 Å². The molecule has 0 atom stereocenters. The standard InChI is InChI=1S/C20H23FN2O3/c21-18-7-1-2-8-19(18)23-12-10-22(11-13-23)9-4-14-26-17-6-3-5-16(15-17)20(24)25/h1-3,5-8,15H,4,9-14H2,(H,24,25). The Morgan fingerprint density at radius 3 is 2.58 bits per heavy atom. The molecule has 0 spiro atoms. The summed E-state index contributed by atoms with van der Waals surface area (Å²) in [7, 11) is 0. The fraction of sp³-hybridized carbons (Fsp3) is 0.350. The molecule has 26 heavy (non-hydrogen) atoms. The number of para-hydroxylation sites is 1. The van der Waals surface area contributed by atoms with Crippen LogP contribution in [0, 0.1) is 5.82 Å². The van der Waals surface area contributed by atoms with Gasteiger partial charge in [-0.2, -0.15) is 0 Å². The van der Waals surface area contributed by atoms with E-state index in [0.717, 1.165) is 39.1 Å². The fourth-order valence-corrected chi connectivity index (χ4v) is 3.12. The number of rotatable bonds is 7. The molecule has 1 aliphatic rings. The number of carbonyl (C=O) groups is 1. The molecule has 0 aliphatic carbocycles. The SMILES string of the molecule is O=C(O)c1cccc(OCCCN2CCN(c3ccccc3F)CC2)c1. The maximum absolute atomic E-state index is 13.9. The third kappa shape index (κ3) is 4.73. The zero-order valence-corrected chi connectivity index (χ0v) is 14.6. The lowest BCUT2D eigenvalue weighted by atomic mass is 10.2. The first kappa shape index (κ1) is 18.2. The van der Waals surface area contributed by atoms with Crippen LogP contribution >= 0.6 is 0 Å². The van der Waals surface area contributed by atoms with Crippen LogP contribution in [0.15, 0.2) is 48.5 Å². The van der Waals surface area contributed by atoms with Crippen LogP contribution < -0.4 is 9.64 Å². The predicted molar refractivity (Wildman–Crippen MR) is 98.6 cm³/mol. The van der Waals surface area contributed by atoms with Crippen molar-refractivity contribution < 1.29 is 19.0 Å². The Labute approximate surface area is 152 Å². The van der Waals surface area contributed by atoms with Crippen molar-refractivity contribution in [2.24, 2.45) is 0 Å². The Morgan fingerprint density at radius 1 is 1.08 bits per heavy atom. The van der Waals surface area contributed by atoms with Crippen LogP contribution in [0.25, 0.3) is 0 Å². The van der Waals surface area contributed by atoms with Crippen LogP contribution in [0.1, 0.15) is 16.8 Å². The van der Waals surface area contributed by atoms with Gasteiger partial charge < -0.3 is 14.7 Å². The lowest BCUT2D eigenvalue weighted by Gasteiger charge is -2.36. The number of aromatic carboxylic acids is 1. The molecule has 2 aromatic rings. The molecular formula is C20H23FN2O3. The second-order valence-electron chi connectivity index (χ2n) is 6.32. The number of carboxylic acid groups (broad SMARTS) is 1. The predicted octanol–water partition coefficient (Wildman–Crippen LogP) is 3.12. The topological polar surface area (TPSA) is 53.0 Å². The highest BCUT2D eigenvalue weighted by Gasteiger charge is 2.18. The Balaban J connectivity index is 1.39. The van der Waals surface area contributed by atoms with Crippen LogP contribution in [0.2, 0.25) is 0 Å². The molecule has 2 aromatic carbocycles. The van der Waals surface area contributed by atoms with E-state index in [9.17, 15) is 9.18 Å². The lowest BCUT2D eigenvalue weighted by Crippen LogP contribution is -2.47. The number of anilines is 1. The van der Waals surface area contributed by atoms with Crippen molar-refractivity contribution in [1.29, 1.82) is 0 Å². The fourth-order valence-electron chi connectivity index (χ4n) is 3.12. The minimum Gasteiger partial charge on any atom is -0.494 e. The molecule has 138 valence electrons. The lowest BCUT2D eigenvalue weighted by molar-refractivity contribution is 0.0696. The number of carboxylic acids is 1. The summed E-state index contributed by atoms with van der Waals surface area (Å²) in [5, 5.41) is 8.98. The number of hydrogen-bond donors (Lipinski definition) is 1. The summed E-state index contributed by atoms with van der Waals surface area (Å²) in [5.41, 5.74) is 0.903. The zero-order valence-electron chi connectivity index (χ0n) is 14.6. The molecule has 0 aromatic heterocycles. The summed E-state index contributed by atoms with van der Waals surface area (Å²) in [6, 6.07) is 13.4. The van der Waals surface area contributed by atoms with Gasteiger partial charge in [0.1, 0.15) is 11.6 Å². The first-order chi connectivity index (χ1) is 12.6. The summed E-state index contributed by atoms with van der Waals surface area (Å²) in [6.07, 6.45) is 0.858. The Kier molecular flexibility index (Phi) is 6.07. The molecule has 3 rings (SSSR count). The first-order valence-corrected chi connectivity index (χ1v) is 8.81. The van der Waals surface area contributed by atoms with Gasteiger partial charge in [0.25, 0.3) is 0 Å². The van der Waals surface area contributed by atoms with Crippen molar-refractivity contribution in [3.8, 4) is 5.75 Å². The molecule has 1 saturated heterocycles. The highest BCUT2D eigenvalue weighted by Crippen LogP contribution is 2.20. The van der Waals surface area contributed by atoms with Crippen LogP contribution in [-0.4, -0.2) is 55.3 Å². The molecule has 0 amide bonds. The second-order valence-corrected chi connectivity index (χ2v) is 6.32. The molecule has 5 nitrogen and oxygen atoms in total. The summed E-state index contributed by atoms with van der Waals surface area (Å²) < 4.78 is 19.5. The largest absolute Gasteiger partial charge is 0.494 e. The van der Waals surface area contributed by atoms with Gasteiger partial charge in [0.2, 0.25) is 0 Å². The number of nitrogens with zero attached hydrogens (tertiary/aromatic N) is 2. The number of benzene rings is 2. The maximum Gasteiger partial charge on any atom is 0.335 e. The zero-order chi connectivity index (χ0) is 18.4. The third-order valence-electron chi connectivity index (χ3n) is 4.53. The Bertz CT molecular complexity index is 745. The average molecular weight is 358 g/mol. The molecule has 1 aliphatic heterocycles. The van der Waals surface area contributed by atoms with E-state index in [-0.39, 0.29) is 11.4 Å². The Hall–Kier alpha value is -2.60. The van der Waals surface area contributed by atoms with Crippen molar-refractivity contribution in [3.05, 3.63) is 59.9 Å². The van der Waals surface area contributed by atoms with Crippen LogP contribution in [0.4, 0.5) is 10.1 Å². The van der Waals surface area contributed by atoms with Gasteiger partial charge in [-0.1, -0.05) is 18.2 Å². The van der Waals surface area contributed by atoms with Crippen LogP contribution in [-0.2, 0) is 0 Å². The molecule has 0 saturated carbocycles.